The van der Waals surface area contributed by atoms with Gasteiger partial charge in [-0.2, -0.15) is 0 Å². The van der Waals surface area contributed by atoms with Gasteiger partial charge in [0, 0.05) is 18.3 Å². The molecular weight excluding hydrogens is 314 g/mol. The lowest BCUT2D eigenvalue weighted by Gasteiger charge is -2.19. The number of carbonyl (C=O) groups is 3. The third kappa shape index (κ3) is 6.68. The number of aliphatic carboxylic acids is 1. The Kier molecular flexibility index (Phi) is 7.74. The summed E-state index contributed by atoms with van der Waals surface area (Å²) in [7, 11) is 0. The predicted molar refractivity (Wildman–Crippen MR) is 84.2 cm³/mol. The Hall–Kier alpha value is -2.57. The molecule has 0 aliphatic heterocycles. The molecule has 0 aromatic heterocycles. The fraction of sp³-hybridized carbons (Fsp3) is 0.471. The number of ether oxygens (including phenoxy) is 2. The molecule has 1 aromatic carbocycles. The second-order valence-corrected chi connectivity index (χ2v) is 5.39. The third-order valence-electron chi connectivity index (χ3n) is 3.06. The lowest BCUT2D eigenvalue weighted by atomic mass is 9.95. The molecule has 1 N–H and O–H groups in total. The van der Waals surface area contributed by atoms with Crippen LogP contribution < -0.4 is 15.2 Å². The minimum absolute atomic E-state index is 0.00134. The van der Waals surface area contributed by atoms with E-state index in [4.69, 9.17) is 4.74 Å². The Labute approximate surface area is 141 Å². The normalized spacial score (nSPS) is 11.7. The van der Waals surface area contributed by atoms with Gasteiger partial charge in [-0.05, 0) is 38.5 Å². The molecule has 0 aliphatic rings. The van der Waals surface area contributed by atoms with E-state index >= 15 is 0 Å². The number of amides is 1. The maximum Gasteiger partial charge on any atom is 0.325 e. The van der Waals surface area contributed by atoms with Gasteiger partial charge < -0.3 is 24.7 Å². The summed E-state index contributed by atoms with van der Waals surface area (Å²) in [6.45, 7) is 5.32. The minimum Gasteiger partial charge on any atom is -0.549 e. The summed E-state index contributed by atoms with van der Waals surface area (Å²) >= 11 is 0. The SMILES string of the molecule is CCOC(=O)CNC(=O)CC(C(=O)[O-])c1ccc(OC(C)C)cc1. The van der Waals surface area contributed by atoms with Crippen molar-refractivity contribution in [3.8, 4) is 5.75 Å². The number of rotatable bonds is 9. The van der Waals surface area contributed by atoms with Crippen LogP contribution in [0.25, 0.3) is 0 Å². The first-order valence-electron chi connectivity index (χ1n) is 7.73. The highest BCUT2D eigenvalue weighted by Crippen LogP contribution is 2.22. The van der Waals surface area contributed by atoms with E-state index in [1.807, 2.05) is 13.8 Å². The lowest BCUT2D eigenvalue weighted by molar-refractivity contribution is -0.308. The summed E-state index contributed by atoms with van der Waals surface area (Å²) in [5.74, 6) is -3.01. The van der Waals surface area contributed by atoms with E-state index in [9.17, 15) is 19.5 Å². The second kappa shape index (κ2) is 9.54. The van der Waals surface area contributed by atoms with Crippen LogP contribution in [0.15, 0.2) is 24.3 Å². The molecule has 0 bridgehead atoms. The van der Waals surface area contributed by atoms with E-state index in [0.717, 1.165) is 0 Å². The van der Waals surface area contributed by atoms with Crippen molar-refractivity contribution in [3.05, 3.63) is 29.8 Å². The first-order chi connectivity index (χ1) is 11.3. The van der Waals surface area contributed by atoms with Crippen LogP contribution in [0, 0.1) is 0 Å². The molecule has 0 saturated carbocycles. The Morgan fingerprint density at radius 2 is 1.79 bits per heavy atom. The van der Waals surface area contributed by atoms with Crippen LogP contribution in [-0.2, 0) is 19.1 Å². The highest BCUT2D eigenvalue weighted by molar-refractivity contribution is 5.87. The summed E-state index contributed by atoms with van der Waals surface area (Å²) in [5, 5.41) is 13.7. The molecule has 0 heterocycles. The molecule has 0 radical (unpaired) electrons. The third-order valence-corrected chi connectivity index (χ3v) is 3.06. The highest BCUT2D eigenvalue weighted by atomic mass is 16.5. The molecule has 7 nitrogen and oxygen atoms in total. The van der Waals surface area contributed by atoms with Crippen LogP contribution >= 0.6 is 0 Å². The zero-order chi connectivity index (χ0) is 18.1. The number of carboxylic acid groups (broad SMARTS) is 1. The summed E-state index contributed by atoms with van der Waals surface area (Å²) in [6.07, 6.45) is -0.326. The quantitative estimate of drug-likeness (QED) is 0.654. The van der Waals surface area contributed by atoms with Crippen LogP contribution in [-0.4, -0.2) is 37.1 Å². The van der Waals surface area contributed by atoms with Crippen LogP contribution in [0.2, 0.25) is 0 Å². The van der Waals surface area contributed by atoms with E-state index in [1.165, 1.54) is 0 Å². The molecule has 132 valence electrons. The van der Waals surface area contributed by atoms with Gasteiger partial charge >= 0.3 is 5.97 Å². The number of carboxylic acids is 1. The van der Waals surface area contributed by atoms with Crippen LogP contribution in [0.3, 0.4) is 0 Å². The van der Waals surface area contributed by atoms with Gasteiger partial charge in [0.05, 0.1) is 12.7 Å². The highest BCUT2D eigenvalue weighted by Gasteiger charge is 2.18. The molecular formula is C17H22NO6-. The van der Waals surface area contributed by atoms with Crippen LogP contribution in [0.4, 0.5) is 0 Å². The molecule has 1 amide bonds. The zero-order valence-electron chi connectivity index (χ0n) is 14.0. The van der Waals surface area contributed by atoms with Gasteiger partial charge in [0.1, 0.15) is 12.3 Å². The smallest absolute Gasteiger partial charge is 0.325 e. The van der Waals surface area contributed by atoms with Crippen molar-refractivity contribution in [2.24, 2.45) is 0 Å². The van der Waals surface area contributed by atoms with Gasteiger partial charge in [-0.1, -0.05) is 12.1 Å². The van der Waals surface area contributed by atoms with Gasteiger partial charge in [-0.3, -0.25) is 9.59 Å². The van der Waals surface area contributed by atoms with Gasteiger partial charge in [-0.15, -0.1) is 0 Å². The molecule has 0 saturated heterocycles. The number of esters is 1. The van der Waals surface area contributed by atoms with Gasteiger partial charge in [0.25, 0.3) is 0 Å². The lowest BCUT2D eigenvalue weighted by Crippen LogP contribution is -2.36. The summed E-state index contributed by atoms with van der Waals surface area (Å²) < 4.78 is 10.2. The maximum absolute atomic E-state index is 11.8. The first-order valence-corrected chi connectivity index (χ1v) is 7.73. The zero-order valence-corrected chi connectivity index (χ0v) is 14.0. The fourth-order valence-electron chi connectivity index (χ4n) is 2.03. The number of nitrogens with one attached hydrogen (secondary N) is 1. The predicted octanol–water partition coefficient (Wildman–Crippen LogP) is 0.377. The largest absolute Gasteiger partial charge is 0.549 e. The van der Waals surface area contributed by atoms with Gasteiger partial charge in [0.2, 0.25) is 5.91 Å². The van der Waals surface area contributed by atoms with Crippen molar-refractivity contribution in [1.29, 1.82) is 0 Å². The molecule has 1 rings (SSSR count). The maximum atomic E-state index is 11.8. The summed E-state index contributed by atoms with van der Waals surface area (Å²) in [4.78, 5) is 34.3. The van der Waals surface area contributed by atoms with Crippen LogP contribution in [0.1, 0.15) is 38.7 Å². The molecule has 0 spiro atoms. The molecule has 1 atom stereocenters. The van der Waals surface area contributed by atoms with E-state index < -0.39 is 23.8 Å². The summed E-state index contributed by atoms with van der Waals surface area (Å²) in [5.41, 5.74) is 0.428. The molecule has 1 aromatic rings. The fourth-order valence-corrected chi connectivity index (χ4v) is 2.03. The van der Waals surface area contributed by atoms with E-state index in [1.54, 1.807) is 31.2 Å². The molecule has 0 aliphatic carbocycles. The van der Waals surface area contributed by atoms with Crippen molar-refractivity contribution in [2.45, 2.75) is 39.2 Å². The van der Waals surface area contributed by atoms with Crippen molar-refractivity contribution in [1.82, 2.24) is 5.32 Å². The number of carbonyl (C=O) groups excluding carboxylic acids is 3. The van der Waals surface area contributed by atoms with E-state index in [2.05, 4.69) is 10.1 Å². The van der Waals surface area contributed by atoms with Crippen molar-refractivity contribution in [3.63, 3.8) is 0 Å². The van der Waals surface area contributed by atoms with Gasteiger partial charge in [-0.25, -0.2) is 0 Å². The number of hydrogen-bond acceptors (Lipinski definition) is 6. The van der Waals surface area contributed by atoms with Crippen molar-refractivity contribution < 1.29 is 29.0 Å². The molecule has 0 fully saturated rings. The average Bonchev–Trinajstić information content (AvgIpc) is 2.51. The number of hydrogen-bond donors (Lipinski definition) is 1. The minimum atomic E-state index is -1.36. The molecule has 7 heteroatoms. The number of benzene rings is 1. The van der Waals surface area contributed by atoms with Crippen LogP contribution in [0.5, 0.6) is 5.75 Å². The standard InChI is InChI=1S/C17H23NO6/c1-4-23-16(20)10-18-15(19)9-14(17(21)22)12-5-7-13(8-6-12)24-11(2)3/h5-8,11,14H,4,9-10H2,1-3H3,(H,18,19)(H,21,22)/p-1. The second-order valence-electron chi connectivity index (χ2n) is 5.39. The summed E-state index contributed by atoms with van der Waals surface area (Å²) in [6, 6.07) is 6.44. The van der Waals surface area contributed by atoms with Crippen molar-refractivity contribution in [2.75, 3.05) is 13.2 Å². The Morgan fingerprint density at radius 1 is 1.17 bits per heavy atom. The monoisotopic (exact) mass is 336 g/mol. The van der Waals surface area contributed by atoms with Crippen molar-refractivity contribution >= 4 is 17.8 Å². The molecule has 24 heavy (non-hydrogen) atoms. The average molecular weight is 336 g/mol. The van der Waals surface area contributed by atoms with Gasteiger partial charge in [0.15, 0.2) is 0 Å². The Balaban J connectivity index is 2.68. The van der Waals surface area contributed by atoms with E-state index in [-0.39, 0.29) is 25.7 Å². The first kappa shape index (κ1) is 19.5. The topological polar surface area (TPSA) is 105 Å². The Bertz CT molecular complexity index is 567. The Morgan fingerprint density at radius 3 is 2.29 bits per heavy atom. The van der Waals surface area contributed by atoms with E-state index in [0.29, 0.717) is 11.3 Å². The molecule has 1 unspecified atom stereocenters.